The normalized spacial score (nSPS) is 16.2. The van der Waals surface area contributed by atoms with Gasteiger partial charge in [-0.2, -0.15) is 0 Å². The zero-order valence-corrected chi connectivity index (χ0v) is 17.7. The van der Waals surface area contributed by atoms with Crippen molar-refractivity contribution in [2.45, 2.75) is 19.8 Å². The van der Waals surface area contributed by atoms with Gasteiger partial charge >= 0.3 is 0 Å². The quantitative estimate of drug-likeness (QED) is 0.660. The van der Waals surface area contributed by atoms with E-state index in [1.807, 2.05) is 31.2 Å². The van der Waals surface area contributed by atoms with Gasteiger partial charge in [0.05, 0.1) is 13.0 Å². The molecule has 0 aromatic heterocycles. The highest BCUT2D eigenvalue weighted by atomic mass is 19.1. The van der Waals surface area contributed by atoms with Crippen LogP contribution >= 0.6 is 0 Å². The lowest BCUT2D eigenvalue weighted by molar-refractivity contribution is -0.121. The first-order valence-electron chi connectivity index (χ1n) is 10.4. The molecule has 0 bridgehead atoms. The summed E-state index contributed by atoms with van der Waals surface area (Å²) in [5, 5.41) is 4.54. The molecule has 1 heterocycles. The molecule has 1 fully saturated rings. The largest absolute Gasteiger partial charge is 0.496 e. The number of benzene rings is 3. The number of carbonyl (C=O) groups is 2. The van der Waals surface area contributed by atoms with Crippen molar-refractivity contribution >= 4 is 28.3 Å². The number of fused-ring (bicyclic) bond motifs is 1. The van der Waals surface area contributed by atoms with Crippen LogP contribution in [-0.2, 0) is 4.79 Å². The predicted octanol–water partition coefficient (Wildman–Crippen LogP) is 4.79. The lowest BCUT2D eigenvalue weighted by atomic mass is 9.95. The number of nitrogens with one attached hydrogen (secondary N) is 1. The zero-order chi connectivity index (χ0) is 22.0. The molecule has 1 aliphatic heterocycles. The Hall–Kier alpha value is -3.41. The summed E-state index contributed by atoms with van der Waals surface area (Å²) in [5.74, 6) is -0.310. The average molecular weight is 420 g/mol. The molecule has 2 amide bonds. The van der Waals surface area contributed by atoms with Crippen molar-refractivity contribution in [2.75, 3.05) is 25.5 Å². The molecule has 0 saturated carbocycles. The Morgan fingerprint density at radius 2 is 1.87 bits per heavy atom. The molecule has 6 heteroatoms. The Bertz CT molecular complexity index is 1140. The van der Waals surface area contributed by atoms with Crippen molar-refractivity contribution in [3.63, 3.8) is 0 Å². The number of nitrogens with zero attached hydrogens (tertiary/aromatic N) is 1. The zero-order valence-electron chi connectivity index (χ0n) is 17.7. The van der Waals surface area contributed by atoms with Crippen LogP contribution in [0.15, 0.2) is 54.6 Å². The number of anilines is 1. The van der Waals surface area contributed by atoms with Crippen molar-refractivity contribution in [1.82, 2.24) is 4.90 Å². The molecule has 31 heavy (non-hydrogen) atoms. The van der Waals surface area contributed by atoms with Crippen molar-refractivity contribution in [3.05, 3.63) is 71.5 Å². The fraction of sp³-hybridized carbons (Fsp3) is 0.280. The summed E-state index contributed by atoms with van der Waals surface area (Å²) < 4.78 is 19.0. The second-order valence-corrected chi connectivity index (χ2v) is 7.90. The highest BCUT2D eigenvalue weighted by Gasteiger charge is 2.30. The molecular weight excluding hydrogens is 395 g/mol. The monoisotopic (exact) mass is 420 g/mol. The molecular formula is C25H25FN2O3. The number of methoxy groups -OCH3 is 1. The van der Waals surface area contributed by atoms with E-state index in [0.29, 0.717) is 36.5 Å². The van der Waals surface area contributed by atoms with Crippen LogP contribution in [0, 0.1) is 18.7 Å². The maximum Gasteiger partial charge on any atom is 0.254 e. The van der Waals surface area contributed by atoms with Gasteiger partial charge in [0, 0.05) is 29.7 Å². The van der Waals surface area contributed by atoms with Crippen LogP contribution < -0.4 is 10.1 Å². The molecule has 3 aromatic rings. The molecule has 5 nitrogen and oxygen atoms in total. The van der Waals surface area contributed by atoms with Gasteiger partial charge < -0.3 is 15.0 Å². The number of halogens is 1. The minimum Gasteiger partial charge on any atom is -0.496 e. The average Bonchev–Trinajstić information content (AvgIpc) is 2.80. The van der Waals surface area contributed by atoms with Gasteiger partial charge in [0.2, 0.25) is 5.91 Å². The standard InChI is InChI=1S/C25H25FN2O3/c1-16-9-10-18(26)14-22(16)27-24(29)17-6-5-13-28(15-17)25(30)21-11-12-23(31-2)20-8-4-3-7-19(20)21/h3-4,7-12,14,17H,5-6,13,15H2,1-2H3,(H,27,29). The van der Waals surface area contributed by atoms with Gasteiger partial charge in [-0.25, -0.2) is 4.39 Å². The Morgan fingerprint density at radius 1 is 1.10 bits per heavy atom. The second kappa shape index (κ2) is 8.76. The molecule has 4 rings (SSSR count). The molecule has 3 aromatic carbocycles. The van der Waals surface area contributed by atoms with Crippen LogP contribution in [0.4, 0.5) is 10.1 Å². The molecule has 160 valence electrons. The Balaban J connectivity index is 1.54. The van der Waals surface area contributed by atoms with Gasteiger partial charge in [-0.1, -0.05) is 30.3 Å². The van der Waals surface area contributed by atoms with Crippen molar-refractivity contribution in [3.8, 4) is 5.75 Å². The summed E-state index contributed by atoms with van der Waals surface area (Å²) in [7, 11) is 1.61. The maximum absolute atomic E-state index is 13.6. The van der Waals surface area contributed by atoms with Gasteiger partial charge in [-0.3, -0.25) is 9.59 Å². The van der Waals surface area contributed by atoms with Crippen molar-refractivity contribution in [2.24, 2.45) is 5.92 Å². The van der Waals surface area contributed by atoms with E-state index >= 15 is 0 Å². The van der Waals surface area contributed by atoms with Crippen LogP contribution in [0.25, 0.3) is 10.8 Å². The third kappa shape index (κ3) is 4.24. The Morgan fingerprint density at radius 3 is 2.65 bits per heavy atom. The molecule has 0 spiro atoms. The number of likely N-dealkylation sites (tertiary alicyclic amines) is 1. The lowest BCUT2D eigenvalue weighted by Gasteiger charge is -2.32. The van der Waals surface area contributed by atoms with Gasteiger partial charge in [-0.15, -0.1) is 0 Å². The highest BCUT2D eigenvalue weighted by molar-refractivity contribution is 6.08. The molecule has 1 N–H and O–H groups in total. The molecule has 1 atom stereocenters. The van der Waals surface area contributed by atoms with Gasteiger partial charge in [0.1, 0.15) is 11.6 Å². The molecule has 1 unspecified atom stereocenters. The van der Waals surface area contributed by atoms with Gasteiger partial charge in [0.15, 0.2) is 0 Å². The van der Waals surface area contributed by atoms with E-state index < -0.39 is 5.82 Å². The topological polar surface area (TPSA) is 58.6 Å². The first kappa shape index (κ1) is 20.8. The molecule has 0 radical (unpaired) electrons. The first-order chi connectivity index (χ1) is 15.0. The van der Waals surface area contributed by atoms with E-state index in [2.05, 4.69) is 5.32 Å². The number of rotatable bonds is 4. The highest BCUT2D eigenvalue weighted by Crippen LogP contribution is 2.30. The van der Waals surface area contributed by atoms with Gasteiger partial charge in [-0.05, 0) is 55.0 Å². The minimum absolute atomic E-state index is 0.0988. The van der Waals surface area contributed by atoms with E-state index in [1.54, 1.807) is 30.2 Å². The molecule has 1 saturated heterocycles. The summed E-state index contributed by atoms with van der Waals surface area (Å²) in [5.41, 5.74) is 1.86. The van der Waals surface area contributed by atoms with Crippen molar-refractivity contribution in [1.29, 1.82) is 0 Å². The van der Waals surface area contributed by atoms with Crippen LogP contribution in [0.3, 0.4) is 0 Å². The number of hydrogen-bond acceptors (Lipinski definition) is 3. The first-order valence-corrected chi connectivity index (χ1v) is 10.4. The van der Waals surface area contributed by atoms with E-state index in [4.69, 9.17) is 4.74 Å². The fourth-order valence-corrected chi connectivity index (χ4v) is 4.15. The number of aryl methyl sites for hydroxylation is 1. The predicted molar refractivity (Wildman–Crippen MR) is 119 cm³/mol. The third-order valence-corrected chi connectivity index (χ3v) is 5.87. The van der Waals surface area contributed by atoms with Crippen LogP contribution in [-0.4, -0.2) is 36.9 Å². The number of hydrogen-bond donors (Lipinski definition) is 1. The maximum atomic E-state index is 13.6. The smallest absolute Gasteiger partial charge is 0.254 e. The fourth-order valence-electron chi connectivity index (χ4n) is 4.15. The van der Waals surface area contributed by atoms with Crippen molar-refractivity contribution < 1.29 is 18.7 Å². The number of ether oxygens (including phenoxy) is 1. The molecule has 1 aliphatic rings. The summed E-state index contributed by atoms with van der Waals surface area (Å²) in [6, 6.07) is 15.6. The van der Waals surface area contributed by atoms with Crippen LogP contribution in [0.1, 0.15) is 28.8 Å². The van der Waals surface area contributed by atoms with E-state index in [0.717, 1.165) is 22.8 Å². The Kier molecular flexibility index (Phi) is 5.89. The summed E-state index contributed by atoms with van der Waals surface area (Å²) >= 11 is 0. The summed E-state index contributed by atoms with van der Waals surface area (Å²) in [6.45, 7) is 2.75. The summed E-state index contributed by atoms with van der Waals surface area (Å²) in [4.78, 5) is 27.9. The summed E-state index contributed by atoms with van der Waals surface area (Å²) in [6.07, 6.45) is 1.42. The molecule has 0 aliphatic carbocycles. The number of piperidine rings is 1. The minimum atomic E-state index is -0.396. The van der Waals surface area contributed by atoms with Gasteiger partial charge in [0.25, 0.3) is 5.91 Å². The SMILES string of the molecule is COc1ccc(C(=O)N2CCCC(C(=O)Nc3cc(F)ccc3C)C2)c2ccccc12. The number of amides is 2. The van der Waals surface area contributed by atoms with Crippen LogP contribution in [0.5, 0.6) is 5.75 Å². The van der Waals surface area contributed by atoms with Crippen LogP contribution in [0.2, 0.25) is 0 Å². The number of carbonyl (C=O) groups excluding carboxylic acids is 2. The van der Waals surface area contributed by atoms with E-state index in [1.165, 1.54) is 12.1 Å². The van der Waals surface area contributed by atoms with E-state index in [-0.39, 0.29) is 17.7 Å². The lowest BCUT2D eigenvalue weighted by Crippen LogP contribution is -2.43. The second-order valence-electron chi connectivity index (χ2n) is 7.90. The Labute approximate surface area is 180 Å². The van der Waals surface area contributed by atoms with E-state index in [9.17, 15) is 14.0 Å². The third-order valence-electron chi connectivity index (χ3n) is 5.87.